The summed E-state index contributed by atoms with van der Waals surface area (Å²) < 4.78 is 15.5. The minimum atomic E-state index is -0.356. The molecule has 4 aromatic rings. The van der Waals surface area contributed by atoms with Gasteiger partial charge in [0.2, 0.25) is 5.95 Å². The van der Waals surface area contributed by atoms with E-state index in [9.17, 15) is 4.39 Å². The lowest BCUT2D eigenvalue weighted by atomic mass is 10.3. The van der Waals surface area contributed by atoms with Crippen LogP contribution in [0.25, 0.3) is 16.9 Å². The zero-order chi connectivity index (χ0) is 16.5. The molecule has 3 N–H and O–H groups in total. The van der Waals surface area contributed by atoms with Crippen LogP contribution in [-0.2, 0) is 0 Å². The first kappa shape index (κ1) is 14.1. The van der Waals surface area contributed by atoms with E-state index in [0.29, 0.717) is 23.3 Å². The molecule has 0 fully saturated rings. The number of anilines is 3. The predicted molar refractivity (Wildman–Crippen MR) is 90.8 cm³/mol. The van der Waals surface area contributed by atoms with E-state index in [1.54, 1.807) is 28.8 Å². The van der Waals surface area contributed by atoms with Gasteiger partial charge in [-0.15, -0.1) is 0 Å². The Balaban J connectivity index is 1.77. The number of aromatic nitrogens is 4. The second kappa shape index (κ2) is 5.62. The van der Waals surface area contributed by atoms with Crippen LogP contribution in [0.2, 0.25) is 0 Å². The van der Waals surface area contributed by atoms with Crippen molar-refractivity contribution in [3.63, 3.8) is 0 Å². The Labute approximate surface area is 136 Å². The van der Waals surface area contributed by atoms with Crippen LogP contribution in [0.15, 0.2) is 60.9 Å². The minimum absolute atomic E-state index is 0.326. The van der Waals surface area contributed by atoms with Gasteiger partial charge >= 0.3 is 0 Å². The molecule has 0 spiro atoms. The maximum absolute atomic E-state index is 13.8. The average Bonchev–Trinajstić information content (AvgIpc) is 2.93. The first-order chi connectivity index (χ1) is 11.7. The van der Waals surface area contributed by atoms with E-state index in [1.807, 2.05) is 24.3 Å². The van der Waals surface area contributed by atoms with Crippen molar-refractivity contribution in [1.29, 1.82) is 0 Å². The molecule has 0 aliphatic carbocycles. The van der Waals surface area contributed by atoms with Crippen molar-refractivity contribution in [3.8, 4) is 5.82 Å². The molecule has 2 aromatic carbocycles. The van der Waals surface area contributed by atoms with E-state index in [2.05, 4.69) is 20.3 Å². The summed E-state index contributed by atoms with van der Waals surface area (Å²) in [6.07, 6.45) is 1.40. The molecule has 24 heavy (non-hydrogen) atoms. The Morgan fingerprint density at radius 1 is 1.00 bits per heavy atom. The molecule has 2 heterocycles. The topological polar surface area (TPSA) is 81.6 Å². The van der Waals surface area contributed by atoms with Gasteiger partial charge in [-0.3, -0.25) is 4.57 Å². The number of benzene rings is 2. The van der Waals surface area contributed by atoms with Gasteiger partial charge in [-0.1, -0.05) is 24.3 Å². The third-order valence-electron chi connectivity index (χ3n) is 3.61. The second-order valence-electron chi connectivity index (χ2n) is 5.16. The highest BCUT2D eigenvalue weighted by atomic mass is 19.1. The summed E-state index contributed by atoms with van der Waals surface area (Å²) in [4.78, 5) is 12.7. The normalized spacial score (nSPS) is 10.9. The summed E-state index contributed by atoms with van der Waals surface area (Å²) in [6, 6.07) is 15.7. The van der Waals surface area contributed by atoms with Crippen LogP contribution in [0.3, 0.4) is 0 Å². The van der Waals surface area contributed by atoms with E-state index < -0.39 is 0 Å². The van der Waals surface area contributed by atoms with E-state index in [4.69, 9.17) is 5.73 Å². The lowest BCUT2D eigenvalue weighted by molar-refractivity contribution is 0.632. The van der Waals surface area contributed by atoms with Crippen LogP contribution in [0, 0.1) is 5.82 Å². The molecular weight excluding hydrogens is 307 g/mol. The Kier molecular flexibility index (Phi) is 3.31. The van der Waals surface area contributed by atoms with Crippen LogP contribution < -0.4 is 11.1 Å². The fraction of sp³-hybridized carbons (Fsp3) is 0. The number of para-hydroxylation sites is 3. The van der Waals surface area contributed by atoms with E-state index in [-0.39, 0.29) is 5.82 Å². The SMILES string of the molecule is Nc1nc2ccccc2n1-c1cc(Nc2ccccc2F)ncn1. The first-order valence-corrected chi connectivity index (χ1v) is 7.29. The number of rotatable bonds is 3. The van der Waals surface area contributed by atoms with Crippen LogP contribution in [0.5, 0.6) is 0 Å². The molecule has 0 radical (unpaired) electrons. The first-order valence-electron chi connectivity index (χ1n) is 7.29. The summed E-state index contributed by atoms with van der Waals surface area (Å²) in [5.41, 5.74) is 7.98. The number of halogens is 1. The standard InChI is InChI=1S/C17H13FN6/c18-11-5-1-2-6-12(11)22-15-9-16(21-10-20-15)24-14-8-4-3-7-13(14)23-17(24)19/h1-10H,(H2,19,23)(H,20,21,22). The van der Waals surface area contributed by atoms with E-state index >= 15 is 0 Å². The van der Waals surface area contributed by atoms with Gasteiger partial charge in [0.05, 0.1) is 16.7 Å². The van der Waals surface area contributed by atoms with Crippen LogP contribution in [0.4, 0.5) is 21.8 Å². The van der Waals surface area contributed by atoms with Gasteiger partial charge in [0.15, 0.2) is 0 Å². The summed E-state index contributed by atoms with van der Waals surface area (Å²) in [7, 11) is 0. The summed E-state index contributed by atoms with van der Waals surface area (Å²) in [5, 5.41) is 2.94. The Bertz CT molecular complexity index is 1030. The van der Waals surface area contributed by atoms with Crippen molar-refractivity contribution in [2.75, 3.05) is 11.1 Å². The quantitative estimate of drug-likeness (QED) is 0.605. The molecule has 4 rings (SSSR count). The molecule has 0 saturated carbocycles. The fourth-order valence-electron chi connectivity index (χ4n) is 2.52. The van der Waals surface area contributed by atoms with Gasteiger partial charge in [0, 0.05) is 6.07 Å². The summed E-state index contributed by atoms with van der Waals surface area (Å²) in [5.74, 6) is 0.981. The van der Waals surface area contributed by atoms with Gasteiger partial charge in [-0.25, -0.2) is 19.3 Å². The molecule has 118 valence electrons. The third-order valence-corrected chi connectivity index (χ3v) is 3.61. The van der Waals surface area contributed by atoms with Crippen LogP contribution in [0.1, 0.15) is 0 Å². The maximum Gasteiger partial charge on any atom is 0.207 e. The number of hydrogen-bond acceptors (Lipinski definition) is 5. The summed E-state index contributed by atoms with van der Waals surface area (Å²) in [6.45, 7) is 0. The highest BCUT2D eigenvalue weighted by Crippen LogP contribution is 2.24. The van der Waals surface area contributed by atoms with Crippen molar-refractivity contribution in [1.82, 2.24) is 19.5 Å². The van der Waals surface area contributed by atoms with Crippen molar-refractivity contribution in [2.45, 2.75) is 0 Å². The van der Waals surface area contributed by atoms with Crippen LogP contribution in [-0.4, -0.2) is 19.5 Å². The molecule has 0 aliphatic heterocycles. The maximum atomic E-state index is 13.8. The zero-order valence-electron chi connectivity index (χ0n) is 12.5. The number of nitrogens with zero attached hydrogens (tertiary/aromatic N) is 4. The average molecular weight is 320 g/mol. The molecular formula is C17H13FN6. The number of nitrogens with one attached hydrogen (secondary N) is 1. The second-order valence-corrected chi connectivity index (χ2v) is 5.16. The molecule has 0 bridgehead atoms. The van der Waals surface area contributed by atoms with Gasteiger partial charge in [-0.05, 0) is 24.3 Å². The van der Waals surface area contributed by atoms with Crippen molar-refractivity contribution in [2.24, 2.45) is 0 Å². The van der Waals surface area contributed by atoms with E-state index in [0.717, 1.165) is 11.0 Å². The number of fused-ring (bicyclic) bond motifs is 1. The number of imidazole rings is 1. The Morgan fingerprint density at radius 2 is 1.79 bits per heavy atom. The fourth-order valence-corrected chi connectivity index (χ4v) is 2.52. The predicted octanol–water partition coefficient (Wildman–Crippen LogP) is 3.28. The van der Waals surface area contributed by atoms with E-state index in [1.165, 1.54) is 12.4 Å². The Hall–Kier alpha value is -3.48. The lowest BCUT2D eigenvalue weighted by Gasteiger charge is -2.09. The Morgan fingerprint density at radius 3 is 2.67 bits per heavy atom. The monoisotopic (exact) mass is 320 g/mol. The third kappa shape index (κ3) is 2.41. The molecule has 0 unspecified atom stereocenters. The molecule has 0 amide bonds. The van der Waals surface area contributed by atoms with Crippen molar-refractivity contribution < 1.29 is 4.39 Å². The van der Waals surface area contributed by atoms with Gasteiger partial charge in [-0.2, -0.15) is 0 Å². The number of nitrogens with two attached hydrogens (primary N) is 1. The molecule has 2 aromatic heterocycles. The minimum Gasteiger partial charge on any atom is -0.369 e. The number of hydrogen-bond donors (Lipinski definition) is 2. The molecule has 0 saturated heterocycles. The highest BCUT2D eigenvalue weighted by molar-refractivity contribution is 5.80. The molecule has 6 nitrogen and oxygen atoms in total. The molecule has 0 atom stereocenters. The smallest absolute Gasteiger partial charge is 0.207 e. The van der Waals surface area contributed by atoms with Crippen molar-refractivity contribution >= 4 is 28.5 Å². The van der Waals surface area contributed by atoms with Crippen molar-refractivity contribution in [3.05, 3.63) is 66.7 Å². The van der Waals surface area contributed by atoms with Gasteiger partial charge in [0.1, 0.15) is 23.8 Å². The molecule has 7 heteroatoms. The largest absolute Gasteiger partial charge is 0.369 e. The number of nitrogen functional groups attached to an aromatic ring is 1. The lowest BCUT2D eigenvalue weighted by Crippen LogP contribution is -2.05. The highest BCUT2D eigenvalue weighted by Gasteiger charge is 2.11. The van der Waals surface area contributed by atoms with Gasteiger partial charge < -0.3 is 11.1 Å². The summed E-state index contributed by atoms with van der Waals surface area (Å²) >= 11 is 0. The van der Waals surface area contributed by atoms with Crippen LogP contribution >= 0.6 is 0 Å². The molecule has 0 aliphatic rings. The zero-order valence-corrected chi connectivity index (χ0v) is 12.5. The van der Waals surface area contributed by atoms with Gasteiger partial charge in [0.25, 0.3) is 0 Å².